The van der Waals surface area contributed by atoms with Crippen LogP contribution in [-0.4, -0.2) is 31.3 Å². The highest BCUT2D eigenvalue weighted by Crippen LogP contribution is 2.28. The van der Waals surface area contributed by atoms with Crippen molar-refractivity contribution >= 4 is 23.3 Å². The zero-order chi connectivity index (χ0) is 18.7. The van der Waals surface area contributed by atoms with Crippen molar-refractivity contribution in [3.8, 4) is 11.5 Å². The topological polar surface area (TPSA) is 72.9 Å². The number of ether oxygens (including phenoxy) is 2. The Kier molecular flexibility index (Phi) is 5.02. The molecule has 6 heteroatoms. The van der Waals surface area contributed by atoms with Crippen LogP contribution in [0.5, 0.6) is 11.5 Å². The highest BCUT2D eigenvalue weighted by Gasteiger charge is 2.36. The van der Waals surface area contributed by atoms with Crippen LogP contribution in [0.4, 0.5) is 5.69 Å². The third kappa shape index (κ3) is 3.74. The number of rotatable bonds is 5. The highest BCUT2D eigenvalue weighted by atomic mass is 16.5. The number of ketones is 1. The van der Waals surface area contributed by atoms with Gasteiger partial charge in [0.25, 0.3) is 0 Å². The summed E-state index contributed by atoms with van der Waals surface area (Å²) in [5.74, 6) is -0.190. The standard InChI is InChI=1S/C20H19NO5/c1-13(22)14-6-8-17(9-7-14)26-20(24)15-10-19(23)21(12-15)16-4-3-5-18(11-16)25-2/h3-9,11,15H,10,12H2,1-2H3/t15-/m0/s1. The third-order valence-electron chi connectivity index (χ3n) is 4.30. The molecular weight excluding hydrogens is 334 g/mol. The summed E-state index contributed by atoms with van der Waals surface area (Å²) in [6.45, 7) is 1.73. The summed E-state index contributed by atoms with van der Waals surface area (Å²) in [7, 11) is 1.56. The Morgan fingerprint density at radius 1 is 1.08 bits per heavy atom. The fraction of sp³-hybridized carbons (Fsp3) is 0.250. The molecule has 1 aliphatic heterocycles. The summed E-state index contributed by atoms with van der Waals surface area (Å²) < 4.78 is 10.5. The normalized spacial score (nSPS) is 16.5. The Balaban J connectivity index is 1.67. The molecule has 0 unspecified atom stereocenters. The first kappa shape index (κ1) is 17.7. The Morgan fingerprint density at radius 2 is 1.81 bits per heavy atom. The fourth-order valence-corrected chi connectivity index (χ4v) is 2.85. The first-order valence-corrected chi connectivity index (χ1v) is 8.25. The molecule has 0 radical (unpaired) electrons. The number of carbonyl (C=O) groups is 3. The molecule has 1 amide bonds. The summed E-state index contributed by atoms with van der Waals surface area (Å²) in [4.78, 5) is 37.5. The van der Waals surface area contributed by atoms with Gasteiger partial charge in [0.2, 0.25) is 5.91 Å². The molecule has 0 saturated carbocycles. The van der Waals surface area contributed by atoms with Crippen molar-refractivity contribution in [1.82, 2.24) is 0 Å². The van der Waals surface area contributed by atoms with Crippen LogP contribution >= 0.6 is 0 Å². The van der Waals surface area contributed by atoms with E-state index in [0.717, 1.165) is 0 Å². The minimum Gasteiger partial charge on any atom is -0.497 e. The van der Waals surface area contributed by atoms with Crippen molar-refractivity contribution in [2.75, 3.05) is 18.6 Å². The summed E-state index contributed by atoms with van der Waals surface area (Å²) in [6.07, 6.45) is 0.0988. The van der Waals surface area contributed by atoms with Gasteiger partial charge in [-0.2, -0.15) is 0 Å². The molecule has 2 aromatic carbocycles. The number of nitrogens with zero attached hydrogens (tertiary/aromatic N) is 1. The fourth-order valence-electron chi connectivity index (χ4n) is 2.85. The second-order valence-electron chi connectivity index (χ2n) is 6.11. The molecule has 1 aliphatic rings. The van der Waals surface area contributed by atoms with Crippen LogP contribution in [0.1, 0.15) is 23.7 Å². The number of anilines is 1. The van der Waals surface area contributed by atoms with Crippen molar-refractivity contribution in [3.05, 3.63) is 54.1 Å². The minimum atomic E-state index is -0.541. The molecule has 0 N–H and O–H groups in total. The molecule has 0 aromatic heterocycles. The molecule has 1 fully saturated rings. The van der Waals surface area contributed by atoms with E-state index in [2.05, 4.69) is 0 Å². The molecule has 2 aromatic rings. The van der Waals surface area contributed by atoms with Gasteiger partial charge in [-0.05, 0) is 43.3 Å². The van der Waals surface area contributed by atoms with E-state index >= 15 is 0 Å². The molecular formula is C20H19NO5. The average Bonchev–Trinajstić information content (AvgIpc) is 3.04. The quantitative estimate of drug-likeness (QED) is 0.469. The molecule has 134 valence electrons. The predicted octanol–water partition coefficient (Wildman–Crippen LogP) is 2.86. The van der Waals surface area contributed by atoms with Gasteiger partial charge in [-0.3, -0.25) is 14.4 Å². The van der Waals surface area contributed by atoms with Gasteiger partial charge in [0.05, 0.1) is 13.0 Å². The summed E-state index contributed by atoms with van der Waals surface area (Å²) in [5.41, 5.74) is 1.24. The zero-order valence-electron chi connectivity index (χ0n) is 14.6. The van der Waals surface area contributed by atoms with Gasteiger partial charge < -0.3 is 14.4 Å². The smallest absolute Gasteiger partial charge is 0.316 e. The van der Waals surface area contributed by atoms with Crippen LogP contribution in [0.3, 0.4) is 0 Å². The molecule has 6 nitrogen and oxygen atoms in total. The Morgan fingerprint density at radius 3 is 2.46 bits per heavy atom. The maximum Gasteiger partial charge on any atom is 0.316 e. The van der Waals surface area contributed by atoms with E-state index in [4.69, 9.17) is 9.47 Å². The largest absolute Gasteiger partial charge is 0.497 e. The van der Waals surface area contributed by atoms with Gasteiger partial charge in [-0.1, -0.05) is 6.07 Å². The molecule has 1 heterocycles. The van der Waals surface area contributed by atoms with Crippen molar-refractivity contribution in [3.63, 3.8) is 0 Å². The average molecular weight is 353 g/mol. The van der Waals surface area contributed by atoms with Crippen molar-refractivity contribution in [2.45, 2.75) is 13.3 Å². The molecule has 1 saturated heterocycles. The molecule has 1 atom stereocenters. The predicted molar refractivity (Wildman–Crippen MR) is 95.5 cm³/mol. The number of carbonyl (C=O) groups excluding carboxylic acids is 3. The SMILES string of the molecule is COc1cccc(N2C[C@@H](C(=O)Oc3ccc(C(C)=O)cc3)CC2=O)c1. The van der Waals surface area contributed by atoms with E-state index in [0.29, 0.717) is 22.7 Å². The summed E-state index contributed by atoms with van der Waals surface area (Å²) in [6, 6.07) is 13.5. The number of hydrogen-bond acceptors (Lipinski definition) is 5. The number of esters is 1. The number of benzene rings is 2. The van der Waals surface area contributed by atoms with Crippen LogP contribution in [0.15, 0.2) is 48.5 Å². The van der Waals surface area contributed by atoms with Gasteiger partial charge in [-0.25, -0.2) is 0 Å². The zero-order valence-corrected chi connectivity index (χ0v) is 14.6. The Hall–Kier alpha value is -3.15. The van der Waals surface area contributed by atoms with E-state index in [1.807, 2.05) is 0 Å². The van der Waals surface area contributed by atoms with Gasteiger partial charge in [-0.15, -0.1) is 0 Å². The minimum absolute atomic E-state index is 0.0572. The maximum atomic E-state index is 12.4. The van der Waals surface area contributed by atoms with Gasteiger partial charge in [0, 0.05) is 30.3 Å². The third-order valence-corrected chi connectivity index (χ3v) is 4.30. The maximum absolute atomic E-state index is 12.4. The lowest BCUT2D eigenvalue weighted by molar-refractivity contribution is -0.139. The van der Waals surface area contributed by atoms with E-state index in [1.54, 1.807) is 60.5 Å². The Bertz CT molecular complexity index is 844. The number of methoxy groups -OCH3 is 1. The van der Waals surface area contributed by atoms with E-state index in [1.165, 1.54) is 6.92 Å². The molecule has 26 heavy (non-hydrogen) atoms. The lowest BCUT2D eigenvalue weighted by Crippen LogP contribution is -2.27. The summed E-state index contributed by atoms with van der Waals surface area (Å²) in [5, 5.41) is 0. The number of Topliss-reactive ketones (excluding diaryl/α,β-unsaturated/α-hetero) is 1. The van der Waals surface area contributed by atoms with Gasteiger partial charge in [0.15, 0.2) is 5.78 Å². The van der Waals surface area contributed by atoms with E-state index in [-0.39, 0.29) is 24.7 Å². The van der Waals surface area contributed by atoms with Gasteiger partial charge >= 0.3 is 5.97 Å². The first-order valence-electron chi connectivity index (χ1n) is 8.25. The van der Waals surface area contributed by atoms with Crippen LogP contribution < -0.4 is 14.4 Å². The van der Waals surface area contributed by atoms with Crippen molar-refractivity contribution in [1.29, 1.82) is 0 Å². The van der Waals surface area contributed by atoms with Crippen molar-refractivity contribution < 1.29 is 23.9 Å². The second-order valence-corrected chi connectivity index (χ2v) is 6.11. The van der Waals surface area contributed by atoms with Crippen molar-refractivity contribution in [2.24, 2.45) is 5.92 Å². The highest BCUT2D eigenvalue weighted by molar-refractivity contribution is 6.00. The lowest BCUT2D eigenvalue weighted by Gasteiger charge is -2.17. The van der Waals surface area contributed by atoms with E-state index < -0.39 is 11.9 Å². The number of amides is 1. The molecule has 0 bridgehead atoms. The van der Waals surface area contributed by atoms with Crippen LogP contribution in [0.2, 0.25) is 0 Å². The second kappa shape index (κ2) is 7.39. The first-order chi connectivity index (χ1) is 12.5. The van der Waals surface area contributed by atoms with E-state index in [9.17, 15) is 14.4 Å². The van der Waals surface area contributed by atoms with Crippen LogP contribution in [-0.2, 0) is 9.59 Å². The van der Waals surface area contributed by atoms with Gasteiger partial charge in [0.1, 0.15) is 11.5 Å². The lowest BCUT2D eigenvalue weighted by atomic mass is 10.1. The molecule has 0 aliphatic carbocycles. The molecule has 3 rings (SSSR count). The monoisotopic (exact) mass is 353 g/mol. The number of hydrogen-bond donors (Lipinski definition) is 0. The Labute approximate surface area is 151 Å². The molecule has 0 spiro atoms. The van der Waals surface area contributed by atoms with Crippen LogP contribution in [0.25, 0.3) is 0 Å². The summed E-state index contributed by atoms with van der Waals surface area (Å²) >= 11 is 0. The van der Waals surface area contributed by atoms with Crippen LogP contribution in [0, 0.1) is 5.92 Å².